The van der Waals surface area contributed by atoms with E-state index in [1.165, 1.54) is 12.1 Å². The Morgan fingerprint density at radius 2 is 1.97 bits per heavy atom. The summed E-state index contributed by atoms with van der Waals surface area (Å²) in [7, 11) is 0. The van der Waals surface area contributed by atoms with Crippen molar-refractivity contribution in [1.29, 1.82) is 0 Å². The first-order valence-corrected chi connectivity index (χ1v) is 10.8. The second kappa shape index (κ2) is 11.2. The minimum absolute atomic E-state index is 0.264. The van der Waals surface area contributed by atoms with Gasteiger partial charge in [-0.2, -0.15) is 5.10 Å². The van der Waals surface area contributed by atoms with Crippen LogP contribution in [0.15, 0.2) is 41.5 Å². The highest BCUT2D eigenvalue weighted by molar-refractivity contribution is 5.79. The number of aliphatic hydroxyl groups is 1. The average molecular weight is 433 g/mol. The van der Waals surface area contributed by atoms with Gasteiger partial charge in [0.1, 0.15) is 5.82 Å². The van der Waals surface area contributed by atoms with Gasteiger partial charge in [0.05, 0.1) is 36.7 Å². The van der Waals surface area contributed by atoms with E-state index in [-0.39, 0.29) is 5.82 Å². The quantitative estimate of drug-likeness (QED) is 0.408. The molecule has 0 saturated carbocycles. The lowest BCUT2D eigenvalue weighted by Crippen LogP contribution is -2.48. The Balaban J connectivity index is 1.49. The molecule has 2 aromatic rings. The van der Waals surface area contributed by atoms with Crippen LogP contribution in [0.4, 0.5) is 4.39 Å². The molecule has 31 heavy (non-hydrogen) atoms. The van der Waals surface area contributed by atoms with Crippen LogP contribution in [0.3, 0.4) is 0 Å². The zero-order valence-electron chi connectivity index (χ0n) is 18.4. The van der Waals surface area contributed by atoms with Crippen LogP contribution in [0.1, 0.15) is 19.5 Å². The van der Waals surface area contributed by atoms with Crippen molar-refractivity contribution < 1.29 is 14.2 Å². The Morgan fingerprint density at radius 3 is 2.68 bits per heavy atom. The van der Waals surface area contributed by atoms with Gasteiger partial charge in [0.2, 0.25) is 0 Å². The van der Waals surface area contributed by atoms with Crippen molar-refractivity contribution in [1.82, 2.24) is 25.3 Å². The van der Waals surface area contributed by atoms with Crippen LogP contribution in [-0.4, -0.2) is 83.8 Å². The van der Waals surface area contributed by atoms with Crippen LogP contribution in [0.5, 0.6) is 0 Å². The summed E-state index contributed by atoms with van der Waals surface area (Å²) < 4.78 is 20.2. The number of nitrogens with one attached hydrogen (secondary N) is 2. The molecule has 1 saturated heterocycles. The number of β-amino-alcohol motifs (C(OH)–C–C–N with tert-alkyl or cyclic N) is 1. The first-order chi connectivity index (χ1) is 14.9. The lowest BCUT2D eigenvalue weighted by atomic mass is 10.1. The highest BCUT2D eigenvalue weighted by atomic mass is 19.1. The Hall–Kier alpha value is -2.49. The molecule has 0 aliphatic carbocycles. The number of ether oxygens (including phenoxy) is 1. The minimum Gasteiger partial charge on any atom is -0.387 e. The summed E-state index contributed by atoms with van der Waals surface area (Å²) in [6.07, 6.45) is 2.58. The number of aliphatic imine (C=N–C) groups is 1. The molecular formula is C22H33FN6O2. The Labute approximate surface area is 183 Å². The molecule has 0 radical (unpaired) electrons. The molecule has 9 heteroatoms. The van der Waals surface area contributed by atoms with Crippen molar-refractivity contribution in [2.75, 3.05) is 52.5 Å². The number of guanidine groups is 1. The average Bonchev–Trinajstić information content (AvgIpc) is 3.22. The number of morpholine rings is 1. The van der Waals surface area contributed by atoms with Gasteiger partial charge in [0.25, 0.3) is 0 Å². The number of hydrogen-bond donors (Lipinski definition) is 3. The molecule has 1 atom stereocenters. The summed E-state index contributed by atoms with van der Waals surface area (Å²) in [5, 5.41) is 21.8. The highest BCUT2D eigenvalue weighted by Crippen LogP contribution is 2.10. The molecular weight excluding hydrogens is 399 g/mol. The van der Waals surface area contributed by atoms with E-state index in [0.29, 0.717) is 45.2 Å². The third kappa shape index (κ3) is 7.61. The minimum atomic E-state index is -0.909. The topological polar surface area (TPSA) is 86.9 Å². The summed E-state index contributed by atoms with van der Waals surface area (Å²) in [4.78, 5) is 6.77. The summed E-state index contributed by atoms with van der Waals surface area (Å²) in [6, 6.07) is 8.19. The molecule has 3 rings (SSSR count). The molecule has 1 aromatic heterocycles. The van der Waals surface area contributed by atoms with Crippen LogP contribution in [-0.2, 0) is 11.2 Å². The van der Waals surface area contributed by atoms with Gasteiger partial charge in [-0.05, 0) is 44.2 Å². The third-order valence-corrected chi connectivity index (χ3v) is 5.00. The van der Waals surface area contributed by atoms with Crippen molar-refractivity contribution >= 4 is 5.96 Å². The molecule has 1 aliphatic heterocycles. The van der Waals surface area contributed by atoms with Gasteiger partial charge < -0.3 is 20.5 Å². The number of nitrogens with zero attached hydrogens (tertiary/aromatic N) is 4. The van der Waals surface area contributed by atoms with Crippen LogP contribution in [0.25, 0.3) is 5.69 Å². The molecule has 3 N–H and O–H groups in total. The van der Waals surface area contributed by atoms with E-state index in [9.17, 15) is 9.50 Å². The Morgan fingerprint density at radius 1 is 1.23 bits per heavy atom. The molecule has 1 unspecified atom stereocenters. The van der Waals surface area contributed by atoms with Gasteiger partial charge in [-0.3, -0.25) is 9.89 Å². The normalized spacial score (nSPS) is 17.4. The third-order valence-electron chi connectivity index (χ3n) is 5.00. The summed E-state index contributed by atoms with van der Waals surface area (Å²) in [5.41, 5.74) is 0.832. The van der Waals surface area contributed by atoms with Crippen molar-refractivity contribution in [3.8, 4) is 5.69 Å². The molecule has 170 valence electrons. The SMILES string of the molecule is CCNC(=NCC(C)(O)CN1CCOCC1)NCCc1ccn(-c2ccc(F)cc2)n1. The molecule has 1 aromatic carbocycles. The highest BCUT2D eigenvalue weighted by Gasteiger charge is 2.25. The van der Waals surface area contributed by atoms with Crippen molar-refractivity contribution in [2.45, 2.75) is 25.9 Å². The molecule has 0 amide bonds. The second-order valence-corrected chi connectivity index (χ2v) is 7.99. The van der Waals surface area contributed by atoms with E-state index in [4.69, 9.17) is 4.74 Å². The van der Waals surface area contributed by atoms with Crippen molar-refractivity contribution in [3.63, 3.8) is 0 Å². The predicted molar refractivity (Wildman–Crippen MR) is 119 cm³/mol. The van der Waals surface area contributed by atoms with E-state index in [1.54, 1.807) is 16.8 Å². The molecule has 1 aliphatic rings. The van der Waals surface area contributed by atoms with Gasteiger partial charge in [-0.15, -0.1) is 0 Å². The molecule has 1 fully saturated rings. The zero-order valence-corrected chi connectivity index (χ0v) is 18.4. The first kappa shape index (κ1) is 23.2. The number of hydrogen-bond acceptors (Lipinski definition) is 5. The van der Waals surface area contributed by atoms with Crippen LogP contribution in [0, 0.1) is 5.82 Å². The summed E-state index contributed by atoms with van der Waals surface area (Å²) >= 11 is 0. The number of aromatic nitrogens is 2. The summed E-state index contributed by atoms with van der Waals surface area (Å²) in [5.74, 6) is 0.405. The lowest BCUT2D eigenvalue weighted by Gasteiger charge is -2.33. The van der Waals surface area contributed by atoms with Crippen molar-refractivity contribution in [3.05, 3.63) is 48.0 Å². The molecule has 0 bridgehead atoms. The fourth-order valence-electron chi connectivity index (χ4n) is 3.42. The number of benzene rings is 1. The van der Waals surface area contributed by atoms with Crippen LogP contribution < -0.4 is 10.6 Å². The zero-order chi connectivity index (χ0) is 22.1. The largest absolute Gasteiger partial charge is 0.387 e. The van der Waals surface area contributed by atoms with E-state index in [1.807, 2.05) is 26.1 Å². The maximum absolute atomic E-state index is 13.1. The van der Waals surface area contributed by atoms with Gasteiger partial charge >= 0.3 is 0 Å². The van der Waals surface area contributed by atoms with Crippen molar-refractivity contribution in [2.24, 2.45) is 4.99 Å². The fraction of sp³-hybridized carbons (Fsp3) is 0.545. The Kier molecular flexibility index (Phi) is 8.39. The maximum atomic E-state index is 13.1. The van der Waals surface area contributed by atoms with E-state index >= 15 is 0 Å². The standard InChI is InChI=1S/C22H33FN6O2/c1-3-24-21(26-16-22(2,30)17-28-12-14-31-15-13-28)25-10-8-19-9-11-29(27-19)20-6-4-18(23)5-7-20/h4-7,9,11,30H,3,8,10,12-17H2,1-2H3,(H2,24,25,26). The van der Waals surface area contributed by atoms with Crippen LogP contribution >= 0.6 is 0 Å². The first-order valence-electron chi connectivity index (χ1n) is 10.8. The van der Waals surface area contributed by atoms with Gasteiger partial charge in [-0.25, -0.2) is 9.07 Å². The number of rotatable bonds is 9. The van der Waals surface area contributed by atoms with Gasteiger partial charge in [0.15, 0.2) is 5.96 Å². The maximum Gasteiger partial charge on any atom is 0.191 e. The van der Waals surface area contributed by atoms with E-state index in [2.05, 4.69) is 25.6 Å². The summed E-state index contributed by atoms with van der Waals surface area (Å²) in [6.45, 7) is 9.17. The van der Waals surface area contributed by atoms with E-state index in [0.717, 1.165) is 31.0 Å². The molecule has 8 nitrogen and oxygen atoms in total. The smallest absolute Gasteiger partial charge is 0.191 e. The second-order valence-electron chi connectivity index (χ2n) is 7.99. The monoisotopic (exact) mass is 432 g/mol. The number of halogens is 1. The molecule has 2 heterocycles. The Bertz CT molecular complexity index is 831. The fourth-order valence-corrected chi connectivity index (χ4v) is 3.42. The molecule has 0 spiro atoms. The van der Waals surface area contributed by atoms with Gasteiger partial charge in [-0.1, -0.05) is 0 Å². The predicted octanol–water partition coefficient (Wildman–Crippen LogP) is 1.19. The van der Waals surface area contributed by atoms with Gasteiger partial charge in [0, 0.05) is 45.3 Å². The van der Waals surface area contributed by atoms with E-state index < -0.39 is 5.60 Å². The van der Waals surface area contributed by atoms with Crippen LogP contribution in [0.2, 0.25) is 0 Å². The lowest BCUT2D eigenvalue weighted by molar-refractivity contribution is -0.0179.